The predicted octanol–water partition coefficient (Wildman–Crippen LogP) is 3.30. The Bertz CT molecular complexity index is 522. The van der Waals surface area contributed by atoms with Gasteiger partial charge in [-0.05, 0) is 36.8 Å². The lowest BCUT2D eigenvalue weighted by Gasteiger charge is -2.12. The van der Waals surface area contributed by atoms with Crippen LogP contribution in [0.15, 0.2) is 34.7 Å². The van der Waals surface area contributed by atoms with Gasteiger partial charge in [-0.1, -0.05) is 17.7 Å². The minimum atomic E-state index is -0.359. The molecule has 2 aromatic rings. The van der Waals surface area contributed by atoms with Gasteiger partial charge in [-0.25, -0.2) is 0 Å². The Labute approximate surface area is 105 Å². The zero-order valence-corrected chi connectivity index (χ0v) is 10.5. The van der Waals surface area contributed by atoms with Crippen LogP contribution < -0.4 is 10.5 Å². The molecule has 90 valence electrons. The third-order valence-corrected chi connectivity index (χ3v) is 2.94. The summed E-state index contributed by atoms with van der Waals surface area (Å²) in [6.45, 7) is 1.88. The van der Waals surface area contributed by atoms with Gasteiger partial charge < -0.3 is 14.9 Å². The maximum absolute atomic E-state index is 6.16. The van der Waals surface area contributed by atoms with E-state index >= 15 is 0 Å². The fraction of sp³-hybridized carbons (Fsp3) is 0.231. The number of hydrogen-bond donors (Lipinski definition) is 1. The highest BCUT2D eigenvalue weighted by molar-refractivity contribution is 6.31. The molecule has 1 aromatic heterocycles. The molecular formula is C13H14ClNO2. The predicted molar refractivity (Wildman–Crippen MR) is 67.5 cm³/mol. The first kappa shape index (κ1) is 12.0. The maximum atomic E-state index is 6.16. The molecule has 0 saturated heterocycles. The number of ether oxygens (including phenoxy) is 1. The highest BCUT2D eigenvalue weighted by Gasteiger charge is 2.16. The standard InChI is InChI=1S/C13H14ClNO2/c1-8-3-6-12(17-8)13(15)10-5-4-9(16-2)7-11(10)14/h3-7,13H,15H2,1-2H3. The van der Waals surface area contributed by atoms with Crippen molar-refractivity contribution in [1.29, 1.82) is 0 Å². The molecule has 0 fully saturated rings. The third kappa shape index (κ3) is 2.46. The average molecular weight is 252 g/mol. The summed E-state index contributed by atoms with van der Waals surface area (Å²) >= 11 is 6.16. The average Bonchev–Trinajstić information content (AvgIpc) is 2.75. The molecule has 0 amide bonds. The van der Waals surface area contributed by atoms with Gasteiger partial charge in [-0.2, -0.15) is 0 Å². The number of hydrogen-bond acceptors (Lipinski definition) is 3. The highest BCUT2D eigenvalue weighted by atomic mass is 35.5. The fourth-order valence-corrected chi connectivity index (χ4v) is 1.95. The highest BCUT2D eigenvalue weighted by Crippen LogP contribution is 2.30. The van der Waals surface area contributed by atoms with Crippen LogP contribution >= 0.6 is 11.6 Å². The second kappa shape index (κ2) is 4.82. The van der Waals surface area contributed by atoms with E-state index in [1.54, 1.807) is 13.2 Å². The Hall–Kier alpha value is -1.45. The smallest absolute Gasteiger partial charge is 0.125 e. The van der Waals surface area contributed by atoms with E-state index in [2.05, 4.69) is 0 Å². The van der Waals surface area contributed by atoms with Crippen LogP contribution in [0.2, 0.25) is 5.02 Å². The van der Waals surface area contributed by atoms with Gasteiger partial charge in [0.15, 0.2) is 0 Å². The molecule has 0 spiro atoms. The van der Waals surface area contributed by atoms with E-state index in [9.17, 15) is 0 Å². The van der Waals surface area contributed by atoms with E-state index in [0.29, 0.717) is 16.5 Å². The van der Waals surface area contributed by atoms with Crippen molar-refractivity contribution in [2.24, 2.45) is 5.73 Å². The number of methoxy groups -OCH3 is 1. The monoisotopic (exact) mass is 251 g/mol. The van der Waals surface area contributed by atoms with Gasteiger partial charge >= 0.3 is 0 Å². The molecule has 0 aliphatic rings. The molecule has 1 aromatic carbocycles. The molecule has 0 bridgehead atoms. The van der Waals surface area contributed by atoms with Crippen molar-refractivity contribution in [2.45, 2.75) is 13.0 Å². The van der Waals surface area contributed by atoms with Crippen molar-refractivity contribution in [3.63, 3.8) is 0 Å². The second-order valence-corrected chi connectivity index (χ2v) is 4.22. The Kier molecular flexibility index (Phi) is 3.41. The quantitative estimate of drug-likeness (QED) is 0.911. The summed E-state index contributed by atoms with van der Waals surface area (Å²) in [6, 6.07) is 8.81. The fourth-order valence-electron chi connectivity index (χ4n) is 1.66. The van der Waals surface area contributed by atoms with Crippen molar-refractivity contribution < 1.29 is 9.15 Å². The summed E-state index contributed by atoms with van der Waals surface area (Å²) in [4.78, 5) is 0. The second-order valence-electron chi connectivity index (χ2n) is 3.81. The number of benzene rings is 1. The van der Waals surface area contributed by atoms with Gasteiger partial charge in [0.1, 0.15) is 17.3 Å². The van der Waals surface area contributed by atoms with E-state index in [4.69, 9.17) is 26.5 Å². The van der Waals surface area contributed by atoms with Crippen LogP contribution in [0, 0.1) is 6.92 Å². The SMILES string of the molecule is COc1ccc(C(N)c2ccc(C)o2)c(Cl)c1. The van der Waals surface area contributed by atoms with Crippen molar-refractivity contribution >= 4 is 11.6 Å². The lowest BCUT2D eigenvalue weighted by atomic mass is 10.1. The van der Waals surface area contributed by atoms with E-state index in [1.165, 1.54) is 0 Å². The van der Waals surface area contributed by atoms with Crippen LogP contribution in [0.4, 0.5) is 0 Å². The molecule has 2 N–H and O–H groups in total. The van der Waals surface area contributed by atoms with Gasteiger partial charge in [0.05, 0.1) is 13.2 Å². The topological polar surface area (TPSA) is 48.4 Å². The van der Waals surface area contributed by atoms with Crippen molar-refractivity contribution in [1.82, 2.24) is 0 Å². The molecule has 1 unspecified atom stereocenters. The van der Waals surface area contributed by atoms with Crippen LogP contribution in [0.3, 0.4) is 0 Å². The van der Waals surface area contributed by atoms with E-state index in [1.807, 2.05) is 31.2 Å². The van der Waals surface area contributed by atoms with E-state index < -0.39 is 0 Å². The molecular weight excluding hydrogens is 238 g/mol. The first-order valence-corrected chi connectivity index (χ1v) is 5.65. The van der Waals surface area contributed by atoms with Crippen LogP contribution in [0.5, 0.6) is 5.75 Å². The lowest BCUT2D eigenvalue weighted by Crippen LogP contribution is -2.11. The molecule has 0 saturated carbocycles. The molecule has 4 heteroatoms. The first-order valence-electron chi connectivity index (χ1n) is 5.27. The largest absolute Gasteiger partial charge is 0.497 e. The van der Waals surface area contributed by atoms with Gasteiger partial charge in [-0.15, -0.1) is 0 Å². The van der Waals surface area contributed by atoms with Crippen molar-refractivity contribution in [3.05, 3.63) is 52.4 Å². The normalized spacial score (nSPS) is 12.5. The lowest BCUT2D eigenvalue weighted by molar-refractivity contribution is 0.414. The molecule has 0 radical (unpaired) electrons. The molecule has 2 rings (SSSR count). The summed E-state index contributed by atoms with van der Waals surface area (Å²) in [5.74, 6) is 2.25. The molecule has 17 heavy (non-hydrogen) atoms. The number of halogens is 1. The van der Waals surface area contributed by atoms with Crippen LogP contribution in [-0.4, -0.2) is 7.11 Å². The van der Waals surface area contributed by atoms with Crippen LogP contribution in [0.1, 0.15) is 23.1 Å². The number of nitrogens with two attached hydrogens (primary N) is 1. The molecule has 1 atom stereocenters. The Balaban J connectivity index is 2.34. The summed E-state index contributed by atoms with van der Waals surface area (Å²) in [5.41, 5.74) is 6.92. The summed E-state index contributed by atoms with van der Waals surface area (Å²) in [6.07, 6.45) is 0. The van der Waals surface area contributed by atoms with Gasteiger partial charge in [0, 0.05) is 5.02 Å². The van der Waals surface area contributed by atoms with Gasteiger partial charge in [-0.3, -0.25) is 0 Å². The number of aryl methyl sites for hydroxylation is 1. The van der Waals surface area contributed by atoms with E-state index in [0.717, 1.165) is 11.3 Å². The Morgan fingerprint density at radius 3 is 2.59 bits per heavy atom. The zero-order chi connectivity index (χ0) is 12.4. The van der Waals surface area contributed by atoms with E-state index in [-0.39, 0.29) is 6.04 Å². The van der Waals surface area contributed by atoms with Crippen molar-refractivity contribution in [2.75, 3.05) is 7.11 Å². The summed E-state index contributed by atoms with van der Waals surface area (Å²) in [7, 11) is 1.60. The van der Waals surface area contributed by atoms with Crippen LogP contribution in [0.25, 0.3) is 0 Å². The minimum Gasteiger partial charge on any atom is -0.497 e. The first-order chi connectivity index (χ1) is 8.11. The minimum absolute atomic E-state index is 0.359. The molecule has 0 aliphatic carbocycles. The van der Waals surface area contributed by atoms with Crippen molar-refractivity contribution in [3.8, 4) is 5.75 Å². The number of furan rings is 1. The molecule has 0 aliphatic heterocycles. The molecule has 3 nitrogen and oxygen atoms in total. The Morgan fingerprint density at radius 1 is 1.29 bits per heavy atom. The number of rotatable bonds is 3. The molecule has 1 heterocycles. The zero-order valence-electron chi connectivity index (χ0n) is 9.74. The van der Waals surface area contributed by atoms with Crippen LogP contribution in [-0.2, 0) is 0 Å². The Morgan fingerprint density at radius 2 is 2.06 bits per heavy atom. The summed E-state index contributed by atoms with van der Waals surface area (Å²) in [5, 5.41) is 0.575. The maximum Gasteiger partial charge on any atom is 0.125 e. The third-order valence-electron chi connectivity index (χ3n) is 2.61. The van der Waals surface area contributed by atoms with Gasteiger partial charge in [0.2, 0.25) is 0 Å². The van der Waals surface area contributed by atoms with Gasteiger partial charge in [0.25, 0.3) is 0 Å². The summed E-state index contributed by atoms with van der Waals surface area (Å²) < 4.78 is 10.6.